The van der Waals surface area contributed by atoms with Gasteiger partial charge in [0.1, 0.15) is 5.82 Å². The number of carbonyl (C=O) groups is 1. The maximum atomic E-state index is 13.1. The largest absolute Gasteiger partial charge is 0.481 e. The lowest BCUT2D eigenvalue weighted by Crippen LogP contribution is -2.41. The maximum Gasteiger partial charge on any atom is 0.303 e. The van der Waals surface area contributed by atoms with Gasteiger partial charge in [0, 0.05) is 6.42 Å². The average Bonchev–Trinajstić information content (AvgIpc) is 2.42. The summed E-state index contributed by atoms with van der Waals surface area (Å²) >= 11 is 0. The molecule has 0 amide bonds. The molecule has 0 aliphatic rings. The topological polar surface area (TPSA) is 46.5 Å². The number of carboxylic acids is 1. The van der Waals surface area contributed by atoms with Gasteiger partial charge in [0.05, 0.1) is 6.61 Å². The molecular weight excluding hydrogens is 311 g/mol. The molecular formula is C18H27FO3Si. The normalized spacial score (nSPS) is 13.2. The van der Waals surface area contributed by atoms with Gasteiger partial charge in [-0.05, 0) is 47.8 Å². The predicted octanol–water partition coefficient (Wildman–Crippen LogP) is 5.10. The monoisotopic (exact) mass is 338 g/mol. The Morgan fingerprint density at radius 3 is 2.30 bits per heavy atom. The van der Waals surface area contributed by atoms with Crippen LogP contribution in [-0.2, 0) is 9.22 Å². The van der Waals surface area contributed by atoms with E-state index >= 15 is 0 Å². The minimum absolute atomic E-state index is 0.0742. The van der Waals surface area contributed by atoms with E-state index in [0.717, 1.165) is 11.1 Å². The fourth-order valence-corrected chi connectivity index (χ4v) is 2.72. The Labute approximate surface area is 139 Å². The molecule has 0 saturated carbocycles. The van der Waals surface area contributed by atoms with E-state index in [9.17, 15) is 9.18 Å². The van der Waals surface area contributed by atoms with Gasteiger partial charge >= 0.3 is 5.97 Å². The highest BCUT2D eigenvalue weighted by Crippen LogP contribution is 2.37. The molecule has 23 heavy (non-hydrogen) atoms. The highest BCUT2D eigenvalue weighted by Gasteiger charge is 2.37. The van der Waals surface area contributed by atoms with Crippen molar-refractivity contribution in [1.82, 2.24) is 0 Å². The molecule has 0 bridgehead atoms. The highest BCUT2D eigenvalue weighted by atomic mass is 28.4. The van der Waals surface area contributed by atoms with Gasteiger partial charge < -0.3 is 9.53 Å². The summed E-state index contributed by atoms with van der Waals surface area (Å²) in [6.45, 7) is 11.3. The average molecular weight is 338 g/mol. The molecule has 5 heteroatoms. The van der Waals surface area contributed by atoms with Crippen LogP contribution in [0.15, 0.2) is 30.3 Å². The standard InChI is InChI=1S/C18H27FO3Si/c1-18(2,3)23(4,5)22-13-15(7-6-8-17(20)21)14-9-11-16(19)12-10-14/h7,9-12H,6,8,13H2,1-5H3,(H,20,21)/b15-7-. The van der Waals surface area contributed by atoms with Crippen LogP contribution >= 0.6 is 0 Å². The highest BCUT2D eigenvalue weighted by molar-refractivity contribution is 6.74. The van der Waals surface area contributed by atoms with Crippen molar-refractivity contribution in [3.05, 3.63) is 41.7 Å². The van der Waals surface area contributed by atoms with Gasteiger partial charge in [-0.25, -0.2) is 4.39 Å². The van der Waals surface area contributed by atoms with Crippen molar-refractivity contribution in [3.8, 4) is 0 Å². The lowest BCUT2D eigenvalue weighted by Gasteiger charge is -2.36. The first-order chi connectivity index (χ1) is 10.5. The number of halogens is 1. The van der Waals surface area contributed by atoms with Crippen LogP contribution in [0.2, 0.25) is 18.1 Å². The molecule has 0 radical (unpaired) electrons. The number of hydrogen-bond donors (Lipinski definition) is 1. The summed E-state index contributed by atoms with van der Waals surface area (Å²) in [7, 11) is -1.90. The molecule has 0 atom stereocenters. The van der Waals surface area contributed by atoms with Crippen LogP contribution in [0.25, 0.3) is 5.57 Å². The Morgan fingerprint density at radius 1 is 1.26 bits per heavy atom. The predicted molar refractivity (Wildman–Crippen MR) is 94.4 cm³/mol. The van der Waals surface area contributed by atoms with E-state index in [2.05, 4.69) is 33.9 Å². The van der Waals surface area contributed by atoms with Crippen LogP contribution in [0.1, 0.15) is 39.2 Å². The number of aliphatic carboxylic acids is 1. The number of rotatable bonds is 7. The Balaban J connectivity index is 2.92. The molecule has 128 valence electrons. The minimum atomic E-state index is -1.90. The molecule has 0 heterocycles. The summed E-state index contributed by atoms with van der Waals surface area (Å²) in [4.78, 5) is 10.7. The van der Waals surface area contributed by atoms with E-state index in [1.807, 2.05) is 6.08 Å². The van der Waals surface area contributed by atoms with Crippen LogP contribution in [0.4, 0.5) is 4.39 Å². The number of allylic oxidation sites excluding steroid dienone is 1. The van der Waals surface area contributed by atoms with Gasteiger partial charge in [0.2, 0.25) is 0 Å². The molecule has 1 rings (SSSR count). The van der Waals surface area contributed by atoms with E-state index < -0.39 is 14.3 Å². The molecule has 0 spiro atoms. The SMILES string of the molecule is CC(C)(C)[Si](C)(C)OC/C(=C/CCC(=O)O)c1ccc(F)cc1. The quantitative estimate of drug-likeness (QED) is 0.704. The zero-order valence-corrected chi connectivity index (χ0v) is 15.6. The van der Waals surface area contributed by atoms with Crippen molar-refractivity contribution in [1.29, 1.82) is 0 Å². The number of benzene rings is 1. The smallest absolute Gasteiger partial charge is 0.303 e. The first kappa shape index (κ1) is 19.6. The third-order valence-electron chi connectivity index (χ3n) is 4.36. The van der Waals surface area contributed by atoms with Crippen LogP contribution in [0, 0.1) is 5.82 Å². The molecule has 0 unspecified atom stereocenters. The van der Waals surface area contributed by atoms with Gasteiger partial charge in [-0.1, -0.05) is 39.0 Å². The molecule has 1 aromatic carbocycles. The molecule has 0 saturated heterocycles. The lowest BCUT2D eigenvalue weighted by atomic mass is 10.0. The van der Waals surface area contributed by atoms with Crippen molar-refractivity contribution in [2.45, 2.75) is 51.7 Å². The second-order valence-electron chi connectivity index (χ2n) is 7.22. The molecule has 3 nitrogen and oxygen atoms in total. The van der Waals surface area contributed by atoms with Crippen LogP contribution in [0.5, 0.6) is 0 Å². The molecule has 0 aliphatic heterocycles. The first-order valence-electron chi connectivity index (χ1n) is 7.83. The van der Waals surface area contributed by atoms with Gasteiger partial charge in [-0.3, -0.25) is 4.79 Å². The first-order valence-corrected chi connectivity index (χ1v) is 10.7. The summed E-state index contributed by atoms with van der Waals surface area (Å²) in [6, 6.07) is 6.23. The number of hydrogen-bond acceptors (Lipinski definition) is 2. The van der Waals surface area contributed by atoms with Crippen LogP contribution in [0.3, 0.4) is 0 Å². The Bertz CT molecular complexity index is 557. The molecule has 1 N–H and O–H groups in total. The van der Waals surface area contributed by atoms with Crippen molar-refractivity contribution in [2.75, 3.05) is 6.61 Å². The molecule has 0 aromatic heterocycles. The van der Waals surface area contributed by atoms with Gasteiger partial charge in [0.15, 0.2) is 8.32 Å². The second-order valence-corrected chi connectivity index (χ2v) is 12.0. The van der Waals surface area contributed by atoms with E-state index in [4.69, 9.17) is 9.53 Å². The van der Waals surface area contributed by atoms with E-state index in [-0.39, 0.29) is 17.3 Å². The fraction of sp³-hybridized carbons (Fsp3) is 0.500. The summed E-state index contributed by atoms with van der Waals surface area (Å²) < 4.78 is 19.3. The zero-order chi connectivity index (χ0) is 17.7. The minimum Gasteiger partial charge on any atom is -0.481 e. The lowest BCUT2D eigenvalue weighted by molar-refractivity contribution is -0.136. The van der Waals surface area contributed by atoms with Gasteiger partial charge in [-0.15, -0.1) is 0 Å². The summed E-state index contributed by atoms with van der Waals surface area (Å²) in [5.74, 6) is -1.12. The summed E-state index contributed by atoms with van der Waals surface area (Å²) in [5.41, 5.74) is 1.78. The van der Waals surface area contributed by atoms with E-state index in [1.54, 1.807) is 12.1 Å². The molecule has 0 fully saturated rings. The Hall–Kier alpha value is -1.46. The van der Waals surface area contributed by atoms with Crippen molar-refractivity contribution in [3.63, 3.8) is 0 Å². The van der Waals surface area contributed by atoms with Crippen LogP contribution in [-0.4, -0.2) is 26.0 Å². The third kappa shape index (κ3) is 6.27. The summed E-state index contributed by atoms with van der Waals surface area (Å²) in [6.07, 6.45) is 2.39. The molecule has 0 aliphatic carbocycles. The van der Waals surface area contributed by atoms with Crippen molar-refractivity contribution >= 4 is 19.9 Å². The second kappa shape index (κ2) is 7.88. The van der Waals surface area contributed by atoms with E-state index in [0.29, 0.717) is 13.0 Å². The Kier molecular flexibility index (Phi) is 6.71. The zero-order valence-electron chi connectivity index (χ0n) is 14.6. The van der Waals surface area contributed by atoms with E-state index in [1.165, 1.54) is 12.1 Å². The summed E-state index contributed by atoms with van der Waals surface area (Å²) in [5, 5.41) is 8.90. The third-order valence-corrected chi connectivity index (χ3v) is 8.84. The maximum absolute atomic E-state index is 13.1. The fourth-order valence-electron chi connectivity index (χ4n) is 1.77. The van der Waals surface area contributed by atoms with Gasteiger partial charge in [-0.2, -0.15) is 0 Å². The molecule has 1 aromatic rings. The van der Waals surface area contributed by atoms with Crippen molar-refractivity contribution in [2.24, 2.45) is 0 Å². The van der Waals surface area contributed by atoms with Crippen LogP contribution < -0.4 is 0 Å². The Morgan fingerprint density at radius 2 is 1.83 bits per heavy atom. The van der Waals surface area contributed by atoms with Crippen molar-refractivity contribution < 1.29 is 18.7 Å². The van der Waals surface area contributed by atoms with Gasteiger partial charge in [0.25, 0.3) is 0 Å². The number of carboxylic acid groups (broad SMARTS) is 1.